The predicted molar refractivity (Wildman–Crippen MR) is 124 cm³/mol. The van der Waals surface area contributed by atoms with Gasteiger partial charge in [-0.1, -0.05) is 18.0 Å². The maximum absolute atomic E-state index is 12.4. The highest BCUT2D eigenvalue weighted by Gasteiger charge is 2.19. The number of nitrogens with zero attached hydrogens (tertiary/aromatic N) is 4. The maximum Gasteiger partial charge on any atom is 0.270 e. The van der Waals surface area contributed by atoms with Crippen LogP contribution in [0.2, 0.25) is 5.02 Å². The van der Waals surface area contributed by atoms with Crippen LogP contribution in [0.5, 0.6) is 0 Å². The molecule has 3 heterocycles. The number of rotatable bonds is 7. The summed E-state index contributed by atoms with van der Waals surface area (Å²) < 4.78 is 0. The van der Waals surface area contributed by atoms with Crippen molar-refractivity contribution in [3.05, 3.63) is 45.4 Å². The average molecular weight is 448 g/mol. The molecule has 162 valence electrons. The van der Waals surface area contributed by atoms with Gasteiger partial charge in [0.05, 0.1) is 6.54 Å². The number of piperazine rings is 1. The number of carbonyl (C=O) groups excluding carboxylic acids is 1. The van der Waals surface area contributed by atoms with Crippen molar-refractivity contribution in [1.29, 1.82) is 0 Å². The van der Waals surface area contributed by atoms with Crippen molar-refractivity contribution < 1.29 is 4.79 Å². The summed E-state index contributed by atoms with van der Waals surface area (Å²) in [6.45, 7) is 8.68. The molecular weight excluding hydrogens is 418 g/mol. The molecule has 4 rings (SSSR count). The second kappa shape index (κ2) is 10.6. The van der Waals surface area contributed by atoms with Crippen LogP contribution in [0.4, 0.5) is 5.69 Å². The first kappa shape index (κ1) is 21.6. The summed E-state index contributed by atoms with van der Waals surface area (Å²) in [4.78, 5) is 24.2. The molecule has 0 bridgehead atoms. The molecule has 0 saturated carbocycles. The van der Waals surface area contributed by atoms with E-state index in [2.05, 4.69) is 37.1 Å². The monoisotopic (exact) mass is 447 g/mol. The zero-order valence-electron chi connectivity index (χ0n) is 17.4. The summed E-state index contributed by atoms with van der Waals surface area (Å²) in [5.41, 5.74) is 1.77. The maximum atomic E-state index is 12.4. The number of benzene rings is 1. The third kappa shape index (κ3) is 5.94. The van der Waals surface area contributed by atoms with Crippen molar-refractivity contribution in [2.45, 2.75) is 25.8 Å². The molecule has 1 aromatic carbocycles. The van der Waals surface area contributed by atoms with Crippen LogP contribution in [0.3, 0.4) is 0 Å². The van der Waals surface area contributed by atoms with Crippen LogP contribution in [0.15, 0.2) is 29.6 Å². The molecule has 2 saturated heterocycles. The van der Waals surface area contributed by atoms with Crippen LogP contribution in [-0.4, -0.2) is 73.0 Å². The van der Waals surface area contributed by atoms with Gasteiger partial charge in [0.2, 0.25) is 0 Å². The Morgan fingerprint density at radius 1 is 1.00 bits per heavy atom. The molecule has 6 nitrogen and oxygen atoms in total. The van der Waals surface area contributed by atoms with Gasteiger partial charge in [0.25, 0.3) is 5.91 Å². The molecule has 0 aliphatic carbocycles. The molecule has 0 radical (unpaired) electrons. The van der Waals surface area contributed by atoms with E-state index in [9.17, 15) is 4.79 Å². The molecular formula is C22H30ClN5OS. The lowest BCUT2D eigenvalue weighted by molar-refractivity contribution is 0.0942. The van der Waals surface area contributed by atoms with Crippen molar-refractivity contribution in [1.82, 2.24) is 20.1 Å². The number of nitrogens with one attached hydrogen (secondary N) is 1. The van der Waals surface area contributed by atoms with Crippen LogP contribution in [-0.2, 0) is 6.54 Å². The number of likely N-dealkylation sites (tertiary alicyclic amines) is 1. The first-order valence-corrected chi connectivity index (χ1v) is 12.1. The van der Waals surface area contributed by atoms with Gasteiger partial charge in [-0.05, 0) is 50.2 Å². The van der Waals surface area contributed by atoms with Crippen molar-refractivity contribution in [3.63, 3.8) is 0 Å². The Bertz CT molecular complexity index is 813. The lowest BCUT2D eigenvalue weighted by Crippen LogP contribution is -2.45. The fourth-order valence-electron chi connectivity index (χ4n) is 4.10. The van der Waals surface area contributed by atoms with Gasteiger partial charge in [-0.3, -0.25) is 9.69 Å². The predicted octanol–water partition coefficient (Wildman–Crippen LogP) is 3.33. The fraction of sp³-hybridized carbons (Fsp3) is 0.545. The number of piperidine rings is 1. The third-order valence-corrected chi connectivity index (χ3v) is 6.96. The van der Waals surface area contributed by atoms with E-state index < -0.39 is 0 Å². The van der Waals surface area contributed by atoms with Crippen LogP contribution >= 0.6 is 22.9 Å². The van der Waals surface area contributed by atoms with Crippen LogP contribution in [0, 0.1) is 0 Å². The Balaban J connectivity index is 1.20. The zero-order valence-corrected chi connectivity index (χ0v) is 18.9. The van der Waals surface area contributed by atoms with Gasteiger partial charge < -0.3 is 15.1 Å². The van der Waals surface area contributed by atoms with E-state index in [0.29, 0.717) is 12.2 Å². The number of anilines is 1. The van der Waals surface area contributed by atoms with E-state index in [1.54, 1.807) is 11.3 Å². The third-order valence-electron chi connectivity index (χ3n) is 5.87. The molecule has 8 heteroatoms. The van der Waals surface area contributed by atoms with Gasteiger partial charge in [-0.15, -0.1) is 11.3 Å². The minimum absolute atomic E-state index is 0.0536. The Morgan fingerprint density at radius 3 is 2.47 bits per heavy atom. The van der Waals surface area contributed by atoms with Gasteiger partial charge in [0.15, 0.2) is 0 Å². The number of thiazole rings is 1. The molecule has 2 aliphatic heterocycles. The van der Waals surface area contributed by atoms with Crippen LogP contribution in [0.25, 0.3) is 0 Å². The lowest BCUT2D eigenvalue weighted by atomic mass is 10.1. The Hall–Kier alpha value is -1.67. The quantitative estimate of drug-likeness (QED) is 0.705. The van der Waals surface area contributed by atoms with Gasteiger partial charge in [-0.25, -0.2) is 4.98 Å². The highest BCUT2D eigenvalue weighted by molar-refractivity contribution is 7.09. The molecule has 1 N–H and O–H groups in total. The highest BCUT2D eigenvalue weighted by atomic mass is 35.5. The van der Waals surface area contributed by atoms with E-state index in [0.717, 1.165) is 62.4 Å². The molecule has 2 fully saturated rings. The summed E-state index contributed by atoms with van der Waals surface area (Å²) in [6.07, 6.45) is 3.88. The van der Waals surface area contributed by atoms with E-state index in [4.69, 9.17) is 11.6 Å². The minimum Gasteiger partial charge on any atom is -0.369 e. The second-order valence-electron chi connectivity index (χ2n) is 8.02. The number of amides is 1. The Morgan fingerprint density at radius 2 is 1.73 bits per heavy atom. The number of aromatic nitrogens is 1. The first-order chi connectivity index (χ1) is 14.7. The zero-order chi connectivity index (χ0) is 20.8. The summed E-state index contributed by atoms with van der Waals surface area (Å²) in [6, 6.07) is 8.04. The van der Waals surface area contributed by atoms with Crippen LogP contribution in [0.1, 0.15) is 34.8 Å². The Labute approximate surface area is 187 Å². The first-order valence-electron chi connectivity index (χ1n) is 10.9. The molecule has 1 amide bonds. The highest BCUT2D eigenvalue weighted by Crippen LogP contribution is 2.20. The van der Waals surface area contributed by atoms with Gasteiger partial charge in [0.1, 0.15) is 10.7 Å². The van der Waals surface area contributed by atoms with E-state index >= 15 is 0 Å². The standard InChI is InChI=1S/C22H30ClN5OS/c23-18-4-6-19(7-5-18)28-14-12-27(13-15-28)16-21-25-20(17-30-21)22(29)24-8-11-26-9-2-1-3-10-26/h4-7,17H,1-3,8-16H2,(H,24,29). The summed E-state index contributed by atoms with van der Waals surface area (Å²) in [5, 5.41) is 6.69. The second-order valence-corrected chi connectivity index (χ2v) is 9.40. The normalized spacial score (nSPS) is 18.5. The molecule has 1 aromatic heterocycles. The van der Waals surface area contributed by atoms with Crippen molar-refractivity contribution in [2.75, 3.05) is 57.3 Å². The van der Waals surface area contributed by atoms with E-state index in [-0.39, 0.29) is 5.91 Å². The topological polar surface area (TPSA) is 51.7 Å². The molecule has 30 heavy (non-hydrogen) atoms. The van der Waals surface area contributed by atoms with Gasteiger partial charge in [-0.2, -0.15) is 0 Å². The van der Waals surface area contributed by atoms with E-state index in [1.165, 1.54) is 24.9 Å². The van der Waals surface area contributed by atoms with Gasteiger partial charge >= 0.3 is 0 Å². The SMILES string of the molecule is O=C(NCCN1CCCCC1)c1csc(CN2CCN(c3ccc(Cl)cc3)CC2)n1. The molecule has 2 aliphatic rings. The summed E-state index contributed by atoms with van der Waals surface area (Å²) in [7, 11) is 0. The number of hydrogen-bond donors (Lipinski definition) is 1. The lowest BCUT2D eigenvalue weighted by Gasteiger charge is -2.35. The number of hydrogen-bond acceptors (Lipinski definition) is 6. The number of carbonyl (C=O) groups is 1. The minimum atomic E-state index is -0.0536. The van der Waals surface area contributed by atoms with E-state index in [1.807, 2.05) is 17.5 Å². The largest absolute Gasteiger partial charge is 0.369 e. The van der Waals surface area contributed by atoms with Crippen molar-refractivity contribution in [3.8, 4) is 0 Å². The van der Waals surface area contributed by atoms with Gasteiger partial charge in [0, 0.05) is 55.4 Å². The molecule has 0 atom stereocenters. The molecule has 2 aromatic rings. The number of halogens is 1. The van der Waals surface area contributed by atoms with Crippen LogP contribution < -0.4 is 10.2 Å². The molecule has 0 unspecified atom stereocenters. The van der Waals surface area contributed by atoms with Crippen molar-refractivity contribution in [2.24, 2.45) is 0 Å². The Kier molecular flexibility index (Phi) is 7.60. The summed E-state index contributed by atoms with van der Waals surface area (Å²) in [5.74, 6) is -0.0536. The fourth-order valence-corrected chi connectivity index (χ4v) is 5.04. The summed E-state index contributed by atoms with van der Waals surface area (Å²) >= 11 is 7.57. The van der Waals surface area contributed by atoms with Crippen molar-refractivity contribution >= 4 is 34.5 Å². The molecule has 0 spiro atoms. The average Bonchev–Trinajstić information content (AvgIpc) is 3.24. The smallest absolute Gasteiger partial charge is 0.270 e.